The molecule has 0 heterocycles. The summed E-state index contributed by atoms with van der Waals surface area (Å²) >= 11 is 0. The first-order valence-corrected chi connectivity index (χ1v) is 6.13. The van der Waals surface area contributed by atoms with Crippen molar-refractivity contribution in [2.45, 2.75) is 6.42 Å². The number of hydrogen-bond donors (Lipinski definition) is 0. The van der Waals surface area contributed by atoms with Crippen LogP contribution in [0.2, 0.25) is 0 Å². The third-order valence-electron chi connectivity index (χ3n) is 2.82. The van der Waals surface area contributed by atoms with E-state index in [2.05, 4.69) is 4.74 Å². The molecule has 0 amide bonds. The van der Waals surface area contributed by atoms with Gasteiger partial charge in [-0.1, -0.05) is 6.07 Å². The van der Waals surface area contributed by atoms with E-state index < -0.39 is 5.82 Å². The molecule has 6 heteroatoms. The molecule has 0 saturated carbocycles. The van der Waals surface area contributed by atoms with Crippen molar-refractivity contribution in [1.82, 2.24) is 0 Å². The normalized spacial score (nSPS) is 9.90. The van der Waals surface area contributed by atoms with Gasteiger partial charge in [0.25, 0.3) is 0 Å². The average Bonchev–Trinajstić information content (AvgIpc) is 2.46. The lowest BCUT2D eigenvalue weighted by Gasteiger charge is -2.25. The minimum Gasteiger partial charge on any atom is -0.469 e. The summed E-state index contributed by atoms with van der Waals surface area (Å²) < 4.78 is 23.2. The first-order chi connectivity index (χ1) is 9.63. The van der Waals surface area contributed by atoms with E-state index in [1.807, 2.05) is 6.07 Å². The molecule has 0 aliphatic heterocycles. The van der Waals surface area contributed by atoms with Gasteiger partial charge < -0.3 is 14.4 Å². The van der Waals surface area contributed by atoms with E-state index in [1.165, 1.54) is 19.2 Å². The molecular weight excluding hydrogens is 263 g/mol. The number of halogens is 1. The highest BCUT2D eigenvalue weighted by molar-refractivity contribution is 5.70. The molecule has 0 saturated heterocycles. The van der Waals surface area contributed by atoms with Gasteiger partial charge in [0.2, 0.25) is 0 Å². The van der Waals surface area contributed by atoms with E-state index >= 15 is 0 Å². The highest BCUT2D eigenvalue weighted by Crippen LogP contribution is 2.22. The predicted octanol–water partition coefficient (Wildman–Crippen LogP) is 1.71. The number of benzene rings is 1. The number of methoxy groups -OCH3 is 2. The molecule has 0 N–H and O–H groups in total. The van der Waals surface area contributed by atoms with Gasteiger partial charge in [0.1, 0.15) is 17.4 Å². The summed E-state index contributed by atoms with van der Waals surface area (Å²) in [7, 11) is 2.86. The maximum absolute atomic E-state index is 13.6. The molecule has 0 fully saturated rings. The SMILES string of the molecule is COCCN(CCC(=O)OC)c1cccc(F)c1C#N. The Labute approximate surface area is 117 Å². The van der Waals surface area contributed by atoms with E-state index in [0.717, 1.165) is 0 Å². The van der Waals surface area contributed by atoms with Gasteiger partial charge in [-0.3, -0.25) is 4.79 Å². The minimum absolute atomic E-state index is 0.0338. The fraction of sp³-hybridized carbons (Fsp3) is 0.429. The molecule has 0 unspecified atom stereocenters. The van der Waals surface area contributed by atoms with Crippen LogP contribution in [0.15, 0.2) is 18.2 Å². The van der Waals surface area contributed by atoms with Crippen molar-refractivity contribution in [2.75, 3.05) is 38.8 Å². The van der Waals surface area contributed by atoms with Crippen LogP contribution in [-0.2, 0) is 14.3 Å². The lowest BCUT2D eigenvalue weighted by atomic mass is 10.1. The van der Waals surface area contributed by atoms with Crippen LogP contribution in [0.1, 0.15) is 12.0 Å². The third kappa shape index (κ3) is 4.21. The molecule has 108 valence electrons. The van der Waals surface area contributed by atoms with Crippen molar-refractivity contribution in [3.63, 3.8) is 0 Å². The number of carbonyl (C=O) groups excluding carboxylic acids is 1. The molecular formula is C14H17FN2O3. The molecule has 0 aliphatic carbocycles. The second kappa shape index (κ2) is 8.12. The Morgan fingerprint density at radius 2 is 2.15 bits per heavy atom. The summed E-state index contributed by atoms with van der Waals surface area (Å²) in [5, 5.41) is 9.06. The summed E-state index contributed by atoms with van der Waals surface area (Å²) in [4.78, 5) is 13.0. The van der Waals surface area contributed by atoms with E-state index in [9.17, 15) is 9.18 Å². The van der Waals surface area contributed by atoms with Crippen molar-refractivity contribution in [3.05, 3.63) is 29.6 Å². The Balaban J connectivity index is 2.95. The molecule has 0 bridgehead atoms. The van der Waals surface area contributed by atoms with E-state index in [4.69, 9.17) is 10.00 Å². The van der Waals surface area contributed by atoms with Gasteiger partial charge in [-0.15, -0.1) is 0 Å². The fourth-order valence-electron chi connectivity index (χ4n) is 1.77. The highest BCUT2D eigenvalue weighted by atomic mass is 19.1. The fourth-order valence-corrected chi connectivity index (χ4v) is 1.77. The van der Waals surface area contributed by atoms with Crippen LogP contribution in [0.4, 0.5) is 10.1 Å². The van der Waals surface area contributed by atoms with Gasteiger partial charge in [0.05, 0.1) is 25.8 Å². The molecule has 0 aliphatic rings. The van der Waals surface area contributed by atoms with Crippen LogP contribution in [0.5, 0.6) is 0 Å². The Kier molecular flexibility index (Phi) is 6.47. The predicted molar refractivity (Wildman–Crippen MR) is 71.8 cm³/mol. The van der Waals surface area contributed by atoms with Gasteiger partial charge in [-0.2, -0.15) is 5.26 Å². The lowest BCUT2D eigenvalue weighted by Crippen LogP contribution is -2.30. The Morgan fingerprint density at radius 3 is 2.75 bits per heavy atom. The molecule has 20 heavy (non-hydrogen) atoms. The molecule has 0 aromatic heterocycles. The number of carbonyl (C=O) groups is 1. The number of esters is 1. The summed E-state index contributed by atoms with van der Waals surface area (Å²) in [5.41, 5.74) is 0.418. The van der Waals surface area contributed by atoms with E-state index in [0.29, 0.717) is 25.4 Å². The van der Waals surface area contributed by atoms with E-state index in [-0.39, 0.29) is 18.0 Å². The Morgan fingerprint density at radius 1 is 1.40 bits per heavy atom. The van der Waals surface area contributed by atoms with Gasteiger partial charge in [0.15, 0.2) is 0 Å². The molecule has 0 spiro atoms. The van der Waals surface area contributed by atoms with Gasteiger partial charge in [-0.25, -0.2) is 4.39 Å². The Hall–Kier alpha value is -2.13. The molecule has 1 rings (SSSR count). The number of anilines is 1. The monoisotopic (exact) mass is 280 g/mol. The first-order valence-electron chi connectivity index (χ1n) is 6.13. The van der Waals surface area contributed by atoms with Crippen LogP contribution in [0.25, 0.3) is 0 Å². The summed E-state index contributed by atoms with van der Waals surface area (Å²) in [6.45, 7) is 1.18. The second-order valence-electron chi connectivity index (χ2n) is 4.05. The topological polar surface area (TPSA) is 62.6 Å². The summed E-state index contributed by atoms with van der Waals surface area (Å²) in [5.74, 6) is -0.937. The number of hydrogen-bond acceptors (Lipinski definition) is 5. The molecule has 1 aromatic carbocycles. The minimum atomic E-state index is -0.578. The van der Waals surface area contributed by atoms with Crippen molar-refractivity contribution in [3.8, 4) is 6.07 Å². The van der Waals surface area contributed by atoms with Crippen LogP contribution < -0.4 is 4.90 Å². The zero-order valence-corrected chi connectivity index (χ0v) is 11.6. The number of rotatable bonds is 7. The molecule has 1 aromatic rings. The summed E-state index contributed by atoms with van der Waals surface area (Å²) in [6, 6.07) is 6.26. The first kappa shape index (κ1) is 15.9. The van der Waals surface area contributed by atoms with Crippen LogP contribution in [0, 0.1) is 17.1 Å². The van der Waals surface area contributed by atoms with Gasteiger partial charge >= 0.3 is 5.97 Å². The second-order valence-corrected chi connectivity index (χ2v) is 4.05. The van der Waals surface area contributed by atoms with Crippen molar-refractivity contribution >= 4 is 11.7 Å². The van der Waals surface area contributed by atoms with Crippen molar-refractivity contribution in [1.29, 1.82) is 5.26 Å². The maximum Gasteiger partial charge on any atom is 0.307 e. The molecule has 5 nitrogen and oxygen atoms in total. The quantitative estimate of drug-likeness (QED) is 0.712. The van der Waals surface area contributed by atoms with Crippen LogP contribution >= 0.6 is 0 Å². The smallest absolute Gasteiger partial charge is 0.307 e. The standard InChI is InChI=1S/C14H17FN2O3/c1-19-9-8-17(7-6-14(18)20-2)13-5-3-4-12(15)11(13)10-16/h3-5H,6-9H2,1-2H3. The number of nitriles is 1. The number of nitrogens with zero attached hydrogens (tertiary/aromatic N) is 2. The lowest BCUT2D eigenvalue weighted by molar-refractivity contribution is -0.140. The highest BCUT2D eigenvalue weighted by Gasteiger charge is 2.15. The van der Waals surface area contributed by atoms with Crippen molar-refractivity contribution < 1.29 is 18.7 Å². The molecule has 0 radical (unpaired) electrons. The average molecular weight is 280 g/mol. The number of ether oxygens (including phenoxy) is 2. The van der Waals surface area contributed by atoms with Gasteiger partial charge in [-0.05, 0) is 12.1 Å². The zero-order valence-electron chi connectivity index (χ0n) is 11.6. The third-order valence-corrected chi connectivity index (χ3v) is 2.82. The molecule has 0 atom stereocenters. The van der Waals surface area contributed by atoms with Crippen molar-refractivity contribution in [2.24, 2.45) is 0 Å². The maximum atomic E-state index is 13.6. The Bertz CT molecular complexity index is 500. The van der Waals surface area contributed by atoms with Gasteiger partial charge in [0, 0.05) is 20.2 Å². The van der Waals surface area contributed by atoms with Crippen LogP contribution in [0.3, 0.4) is 0 Å². The zero-order chi connectivity index (χ0) is 15.0. The van der Waals surface area contributed by atoms with E-state index in [1.54, 1.807) is 18.1 Å². The van der Waals surface area contributed by atoms with Crippen LogP contribution in [-0.4, -0.2) is 39.9 Å². The summed E-state index contributed by atoms with van der Waals surface area (Å²) in [6.07, 6.45) is 0.154. The largest absolute Gasteiger partial charge is 0.469 e.